The van der Waals surface area contributed by atoms with Crippen molar-refractivity contribution in [3.05, 3.63) is 64.6 Å². The number of anilines is 1. The van der Waals surface area contributed by atoms with Gasteiger partial charge in [0.05, 0.1) is 62.0 Å². The number of nitrogens with zero attached hydrogens (tertiary/aromatic N) is 2. The van der Waals surface area contributed by atoms with E-state index in [2.05, 4.69) is 0 Å². The van der Waals surface area contributed by atoms with Gasteiger partial charge in [0, 0.05) is 60.8 Å². The number of phenols is 1. The van der Waals surface area contributed by atoms with Crippen LogP contribution in [0, 0.1) is 0 Å². The van der Waals surface area contributed by atoms with Crippen molar-refractivity contribution in [2.45, 2.75) is 24.4 Å². The number of carbonyl (C=O) groups is 3. The number of hydrogen-bond acceptors (Lipinski definition) is 15. The lowest BCUT2D eigenvalue weighted by molar-refractivity contribution is -0.130. The first kappa shape index (κ1) is 34.6. The fourth-order valence-electron chi connectivity index (χ4n) is 4.73. The Kier molecular flexibility index (Phi) is 11.9. The zero-order chi connectivity index (χ0) is 32.7. The first-order valence-electron chi connectivity index (χ1n) is 13.6. The molecule has 0 aromatic heterocycles. The lowest BCUT2D eigenvalue weighted by Gasteiger charge is -2.30. The number of allylic oxidation sites excluding steroid dienone is 6. The highest BCUT2D eigenvalue weighted by molar-refractivity contribution is 6.63. The van der Waals surface area contributed by atoms with Gasteiger partial charge in [0.1, 0.15) is 11.5 Å². The number of carbonyl (C=O) groups excluding carboxylic acids is 3. The van der Waals surface area contributed by atoms with Gasteiger partial charge in [-0.3, -0.25) is 14.4 Å². The number of rotatable bonds is 15. The number of ketones is 3. The highest BCUT2D eigenvalue weighted by atomic mass is 16.3. The number of Topliss-reactive ketones (excluding diaryl/α,β-unsaturated/α-hetero) is 2. The Morgan fingerprint density at radius 3 is 1.57 bits per heavy atom. The summed E-state index contributed by atoms with van der Waals surface area (Å²) in [4.78, 5) is 41.7. The molecular formula is C29H36N2O13. The molecule has 3 rings (SSSR count). The normalized spacial score (nSPS) is 19.7. The predicted molar refractivity (Wildman–Crippen MR) is 153 cm³/mol. The lowest BCUT2D eigenvalue weighted by atomic mass is 9.96. The minimum absolute atomic E-state index is 0.148. The van der Waals surface area contributed by atoms with Gasteiger partial charge in [-0.05, 0) is 24.3 Å². The largest absolute Gasteiger partial charge is 0.507 e. The molecule has 4 atom stereocenters. The van der Waals surface area contributed by atoms with Crippen LogP contribution in [0.2, 0.25) is 0 Å². The predicted octanol–water partition coefficient (Wildman–Crippen LogP) is -3.35. The van der Waals surface area contributed by atoms with Crippen LogP contribution in [-0.4, -0.2) is 150 Å². The summed E-state index contributed by atoms with van der Waals surface area (Å²) in [7, 11) is 0. The van der Waals surface area contributed by atoms with Crippen LogP contribution in [0.5, 0.6) is 5.75 Å². The Labute approximate surface area is 251 Å². The number of aliphatic hydroxyl groups is 9. The van der Waals surface area contributed by atoms with E-state index in [-0.39, 0.29) is 48.7 Å². The summed E-state index contributed by atoms with van der Waals surface area (Å²) in [5.41, 5.74) is -1.43. The van der Waals surface area contributed by atoms with Crippen LogP contribution in [0.15, 0.2) is 59.0 Å². The second-order valence-corrected chi connectivity index (χ2v) is 10.3. The van der Waals surface area contributed by atoms with Crippen LogP contribution in [0.3, 0.4) is 0 Å². The van der Waals surface area contributed by atoms with Gasteiger partial charge < -0.3 is 60.9 Å². The van der Waals surface area contributed by atoms with Crippen molar-refractivity contribution in [2.24, 2.45) is 0 Å². The minimum Gasteiger partial charge on any atom is -0.507 e. The zero-order valence-corrected chi connectivity index (χ0v) is 23.5. The van der Waals surface area contributed by atoms with E-state index in [9.17, 15) is 65.4 Å². The van der Waals surface area contributed by atoms with Crippen molar-refractivity contribution < 1.29 is 65.4 Å². The van der Waals surface area contributed by atoms with E-state index in [1.54, 1.807) is 0 Å². The Hall–Kier alpha value is -3.93. The molecule has 4 unspecified atom stereocenters. The summed E-state index contributed by atoms with van der Waals surface area (Å²) in [6.45, 7) is -3.30. The second-order valence-electron chi connectivity index (χ2n) is 10.3. The molecule has 1 aromatic rings. The van der Waals surface area contributed by atoms with Crippen molar-refractivity contribution in [3.8, 4) is 5.75 Å². The number of aliphatic hydroxyl groups excluding tert-OH is 9. The Bertz CT molecular complexity index is 1360. The van der Waals surface area contributed by atoms with Gasteiger partial charge >= 0.3 is 0 Å². The molecule has 0 saturated carbocycles. The van der Waals surface area contributed by atoms with Crippen molar-refractivity contribution >= 4 is 28.6 Å². The third kappa shape index (κ3) is 7.77. The molecule has 15 nitrogen and oxygen atoms in total. The van der Waals surface area contributed by atoms with Crippen LogP contribution in [-0.2, 0) is 14.4 Å². The Morgan fingerprint density at radius 2 is 1.11 bits per heavy atom. The molecule has 10 N–H and O–H groups in total. The first-order valence-corrected chi connectivity index (χ1v) is 13.6. The molecule has 0 saturated heterocycles. The third-order valence-electron chi connectivity index (χ3n) is 6.92. The monoisotopic (exact) mass is 620 g/mol. The number of phenolic OH excluding ortho intramolecular Hbond substituents is 1. The Balaban J connectivity index is 1.99. The lowest BCUT2D eigenvalue weighted by Crippen LogP contribution is -2.40. The molecule has 44 heavy (non-hydrogen) atoms. The molecule has 1 aromatic carbocycles. The van der Waals surface area contributed by atoms with Crippen LogP contribution >= 0.6 is 0 Å². The topological polar surface area (TPSA) is 260 Å². The maximum atomic E-state index is 13.1. The summed E-state index contributed by atoms with van der Waals surface area (Å²) in [6, 6.07) is 3.68. The van der Waals surface area contributed by atoms with E-state index >= 15 is 0 Å². The number of hydrogen-bond donors (Lipinski definition) is 10. The van der Waals surface area contributed by atoms with Crippen LogP contribution in [0.1, 0.15) is 5.56 Å². The van der Waals surface area contributed by atoms with Crippen molar-refractivity contribution in [2.75, 3.05) is 57.5 Å². The number of aromatic hydroxyl groups is 1. The first-order chi connectivity index (χ1) is 20.9. The minimum atomic E-state index is -1.25. The molecule has 15 heteroatoms. The molecule has 2 aliphatic carbocycles. The van der Waals surface area contributed by atoms with Gasteiger partial charge in [-0.1, -0.05) is 0 Å². The van der Waals surface area contributed by atoms with Gasteiger partial charge in [0.2, 0.25) is 11.6 Å². The summed E-state index contributed by atoms with van der Waals surface area (Å²) < 4.78 is 0. The van der Waals surface area contributed by atoms with Crippen LogP contribution in [0.4, 0.5) is 5.69 Å². The molecule has 0 heterocycles. The third-order valence-corrected chi connectivity index (χ3v) is 6.92. The van der Waals surface area contributed by atoms with Crippen molar-refractivity contribution in [1.29, 1.82) is 0 Å². The van der Waals surface area contributed by atoms with E-state index < -0.39 is 90.8 Å². The molecule has 0 aliphatic heterocycles. The highest BCUT2D eigenvalue weighted by Gasteiger charge is 2.41. The van der Waals surface area contributed by atoms with Crippen LogP contribution in [0.25, 0.3) is 5.57 Å². The standard InChI is InChI=1S/C29H36N2O13/c32-11-17(36)7-30(8-18(37)12-33)15-1-3-21(23(40)5-15)25-27(42)26(29(44)28(25)43)22-4-2-16(6-24(22)41)31(9-19(38)13-34)10-20(39)14-35/h1-6,17-20,32-40,42H,7-14H2. The molecule has 0 radical (unpaired) electrons. The van der Waals surface area contributed by atoms with E-state index in [1.807, 2.05) is 0 Å². The second kappa shape index (κ2) is 15.2. The van der Waals surface area contributed by atoms with Gasteiger partial charge in [0.25, 0.3) is 0 Å². The molecule has 0 spiro atoms. The fourth-order valence-corrected chi connectivity index (χ4v) is 4.73. The molecule has 240 valence electrons. The van der Waals surface area contributed by atoms with E-state index in [1.165, 1.54) is 28.0 Å². The van der Waals surface area contributed by atoms with E-state index in [0.29, 0.717) is 0 Å². The smallest absolute Gasteiger partial charge is 0.238 e. The molecule has 0 amide bonds. The summed E-state index contributed by atoms with van der Waals surface area (Å²) in [5, 5.41) is 98.1. The number of benzene rings is 1. The molecule has 2 aliphatic rings. The quantitative estimate of drug-likeness (QED) is 0.0679. The zero-order valence-electron chi connectivity index (χ0n) is 23.5. The fraction of sp³-hybridized carbons (Fsp3) is 0.414. The molecule has 0 fully saturated rings. The average molecular weight is 621 g/mol. The van der Waals surface area contributed by atoms with Gasteiger partial charge in [-0.25, -0.2) is 0 Å². The molecular weight excluding hydrogens is 584 g/mol. The summed E-state index contributed by atoms with van der Waals surface area (Å²) in [6.07, 6.45) is -1.47. The van der Waals surface area contributed by atoms with Gasteiger partial charge in [-0.2, -0.15) is 0 Å². The van der Waals surface area contributed by atoms with Crippen molar-refractivity contribution in [1.82, 2.24) is 4.90 Å². The summed E-state index contributed by atoms with van der Waals surface area (Å²) in [5.74, 6) is -4.67. The summed E-state index contributed by atoms with van der Waals surface area (Å²) >= 11 is 0. The van der Waals surface area contributed by atoms with E-state index in [0.717, 1.165) is 18.2 Å². The van der Waals surface area contributed by atoms with E-state index in [4.69, 9.17) is 0 Å². The van der Waals surface area contributed by atoms with Gasteiger partial charge in [-0.15, -0.1) is 0 Å². The Morgan fingerprint density at radius 1 is 0.636 bits per heavy atom. The van der Waals surface area contributed by atoms with Crippen LogP contribution < -0.4 is 4.90 Å². The highest BCUT2D eigenvalue weighted by Crippen LogP contribution is 2.39. The SMILES string of the molecule is O=C1C=C(N(CC(O)CO)CC(O)CO)C=CC1=C1C(=O)C(=O)C(c2ccc(N(CC(O)CO)CC(O)CO)cc2O)=C1O. The van der Waals surface area contributed by atoms with Gasteiger partial charge in [0.15, 0.2) is 5.78 Å². The maximum absolute atomic E-state index is 13.1. The molecule has 0 bridgehead atoms. The maximum Gasteiger partial charge on any atom is 0.238 e. The van der Waals surface area contributed by atoms with Crippen molar-refractivity contribution in [3.63, 3.8) is 0 Å². The average Bonchev–Trinajstić information content (AvgIpc) is 3.22.